The van der Waals surface area contributed by atoms with Crippen molar-refractivity contribution < 1.29 is 623 Å². The molecule has 68 nitrogen and oxygen atoms in total. The number of amides is 3. The normalized spacial score (nSPS) is 32.9. The first-order chi connectivity index (χ1) is 58.9. The molecule has 32 atom stereocenters. The van der Waals surface area contributed by atoms with Crippen molar-refractivity contribution in [3.63, 3.8) is 0 Å². The number of aliphatic carboxylic acids is 4. The molecule has 8 rings (SSSR count). The Morgan fingerprint density at radius 3 is 0.729 bits per heavy atom. The number of carboxylic acid groups (broad SMARTS) is 4. The Morgan fingerprint density at radius 1 is 0.307 bits per heavy atom. The summed E-state index contributed by atoms with van der Waals surface area (Å²) in [5.74, 6) is -14.3. The summed E-state index contributed by atoms with van der Waals surface area (Å²) < 4.78 is 314. The number of carboxylic acids is 4. The zero-order chi connectivity index (χ0) is 98.5. The van der Waals surface area contributed by atoms with Gasteiger partial charge in [-0.2, -0.15) is 0 Å². The van der Waals surface area contributed by atoms with Crippen LogP contribution in [-0.4, -0.2) is 427 Å². The molecule has 18 N–H and O–H groups in total. The SMILES string of the molecule is CC(=O)N[C@H]1C(O)O[C@H](CO)C(O[C@@H]2OC(C(=O)[O-])=C[C@H](O)[C@H]2OS(=O)(=O)[O-])[C@@H]1O.CC(=O)N[C@H]1C(O)O[C@H](COS(=O)(=O)[O-])C(O[C@@H]2OC(C(=O)[O-])=C[C@H](O)[C@H]2O)[C@@H]1O.CC(=O)N[C@H]1C(O)O[C@H](COS(=O)(=O)[O-])C(O[C@@H]2OC(C(=O)[O-])=C[C@H](O)[C@H]2OS(=O)(=O)[O-])[C@@H]1O.O=C([O-])C1=C[C@H](O)[C@@H](OS(=O)(=O)[O-])[C@H](OC2[C@@H](COS(=O)(=O)[O-])OC(O)[C@H](NS(=O)(=O)[O-])[C@H]2O)O1.[Na+].[Na+].[Na+].[Na+].[Na+].[Na+].[Na+].[Na+].[Na+].[Na+].[Na+]. The molecular formula is C54H71N4Na11O64S7. The number of aliphatic hydroxyl groups is 14. The first-order valence-corrected chi connectivity index (χ1v) is 43.7. The molecule has 3 amide bonds. The second-order valence-electron chi connectivity index (χ2n) is 26.2. The second kappa shape index (κ2) is 68.3. The first kappa shape index (κ1) is 157. The molecule has 8 aliphatic heterocycles. The molecular weight excluding hydrogens is 2210 g/mol. The summed E-state index contributed by atoms with van der Waals surface area (Å²) in [6.07, 6.45) is -54.9. The summed E-state index contributed by atoms with van der Waals surface area (Å²) in [4.78, 5) is 78.2. The van der Waals surface area contributed by atoms with E-state index in [2.05, 4.69) is 41.0 Å². The summed E-state index contributed by atoms with van der Waals surface area (Å²) in [5.41, 5.74) is 0. The van der Waals surface area contributed by atoms with E-state index in [4.69, 9.17) is 56.8 Å². The average molecular weight is 2280 g/mol. The molecule has 86 heteroatoms. The van der Waals surface area contributed by atoms with Gasteiger partial charge in [0, 0.05) is 20.8 Å². The summed E-state index contributed by atoms with van der Waals surface area (Å²) >= 11 is 0. The van der Waals surface area contributed by atoms with Gasteiger partial charge in [0.2, 0.25) is 105 Å². The van der Waals surface area contributed by atoms with Gasteiger partial charge in [0.05, 0.1) is 26.4 Å². The maximum Gasteiger partial charge on any atom is 1.00 e. The van der Waals surface area contributed by atoms with E-state index in [9.17, 15) is 216 Å². The number of aliphatic hydroxyl groups excluding tert-OH is 14. The van der Waals surface area contributed by atoms with Gasteiger partial charge in [-0.15, -0.1) is 0 Å². The molecule has 0 aliphatic carbocycles. The van der Waals surface area contributed by atoms with Crippen LogP contribution in [0.3, 0.4) is 0 Å². The predicted octanol–water partition coefficient (Wildman–Crippen LogP) is -58.5. The zero-order valence-corrected chi connectivity index (χ0v) is 102. The van der Waals surface area contributed by atoms with Crippen LogP contribution in [0.25, 0.3) is 0 Å². The van der Waals surface area contributed by atoms with E-state index in [0.29, 0.717) is 24.3 Å². The molecule has 0 radical (unpaired) electrons. The van der Waals surface area contributed by atoms with E-state index in [1.807, 2.05) is 0 Å². The molecule has 4 saturated heterocycles. The monoisotopic (exact) mass is 2280 g/mol. The third kappa shape index (κ3) is 52.2. The number of carbonyl (C=O) groups is 7. The van der Waals surface area contributed by atoms with Crippen LogP contribution in [0.1, 0.15) is 20.8 Å². The number of hydrogen-bond donors (Lipinski definition) is 18. The summed E-state index contributed by atoms with van der Waals surface area (Å²) in [6.45, 7) is -1.40. The number of nitrogens with one attached hydrogen (secondary N) is 4. The van der Waals surface area contributed by atoms with E-state index in [-0.39, 0.29) is 325 Å². The standard InChI is InChI=1S/C14H21NO17S2.2C14H21NO14S.C12H19NO19S3.11Na/c1-4(16)15-8-9(18)11(7(29-13(8)21)3-28-33(22,23)24)31-14-10(32-34(25,26)27)5(17)2-6(30-14)12(19)20;1-4(17)15-8-9(19)11(7(3-16)26-13(8)22)28-14-10(29-30(23,24)25)5(18)2-6(27-14)12(20)21;1-4(16)15-8-10(19)11(7(27-13(8)22)3-26-30(23,24)25)29-14-9(18)5(17)2-6(28-14)12(20)21;14-3-1-4(10(16)17)30-12(8(3)32-35(25,26)27)31-9-5(2-28-34(22,23)24)29-11(18)6(7(9)15)13-33(19,20)21;;;;;;;;;;;/h2,5,7-11,13-14,17-18,21H,3H2,1H3,(H,15,16)(H,19,20)(H,22,23,24)(H,25,26,27);2,5,7-11,13-14,16,18-19,22H,3H2,1H3,(H,15,17)(H,20,21)(H,23,24,25);2,5,7-11,13-14,17-19,22H,3H2,1H3,(H,15,16)(H,20,21)(H,23,24,25);1,3,5-9,11-15,18H,2H2,(H,16,17)(H,19,20,21)(H,22,23,24)(H,25,26,27);;;;;;;;;;;/q;;;;11*+1/p-11/t3*5-,7+,8+,9+,10+,11?,13?,14-;3-,5+,6+,7+,8+,9?,11?,12-;;;;;;;;;;;/m0000.........../s1. The molecule has 8 aliphatic rings. The Bertz CT molecular complexity index is 4960. The van der Waals surface area contributed by atoms with Gasteiger partial charge in [0.25, 0.3) is 0 Å². The summed E-state index contributed by atoms with van der Waals surface area (Å²) in [5, 5.41) is 192. The number of hydrogen-bond acceptors (Lipinski definition) is 64. The molecule has 0 aromatic rings. The summed E-state index contributed by atoms with van der Waals surface area (Å²) in [6, 6.07) is -6.93. The van der Waals surface area contributed by atoms with Crippen molar-refractivity contribution in [1.29, 1.82) is 0 Å². The molecule has 4 fully saturated rings. The van der Waals surface area contributed by atoms with Crippen LogP contribution in [-0.2, 0) is 188 Å². The number of rotatable bonds is 33. The molecule has 140 heavy (non-hydrogen) atoms. The Balaban J connectivity index is -0.000000329. The van der Waals surface area contributed by atoms with Crippen LogP contribution in [0.4, 0.5) is 0 Å². The van der Waals surface area contributed by atoms with Crippen molar-refractivity contribution in [2.75, 3.05) is 26.4 Å². The minimum atomic E-state index is -5.64. The topological polar surface area (TPSA) is 1110 Å². The Morgan fingerprint density at radius 2 is 0.514 bits per heavy atom. The van der Waals surface area contributed by atoms with Gasteiger partial charge < -0.3 is 216 Å². The smallest absolute Gasteiger partial charge is 0.735 e. The van der Waals surface area contributed by atoms with Crippen LogP contribution in [0.5, 0.6) is 0 Å². The Hall–Kier alpha value is 3.66. The minimum Gasteiger partial charge on any atom is -0.735 e. The van der Waals surface area contributed by atoms with Crippen LogP contribution in [0.15, 0.2) is 47.3 Å². The number of carbonyl (C=O) groups excluding carboxylic acids is 7. The van der Waals surface area contributed by atoms with E-state index >= 15 is 0 Å². The summed E-state index contributed by atoms with van der Waals surface area (Å²) in [7, 11) is -38.1. The van der Waals surface area contributed by atoms with E-state index < -0.39 is 360 Å². The molecule has 0 aromatic heterocycles. The maximum absolute atomic E-state index is 11.4. The van der Waals surface area contributed by atoms with Crippen molar-refractivity contribution in [2.45, 2.75) is 217 Å². The Labute approximate surface area is 1030 Å². The van der Waals surface area contributed by atoms with Crippen LogP contribution in [0, 0.1) is 0 Å². The van der Waals surface area contributed by atoms with Gasteiger partial charge in [-0.1, -0.05) is 0 Å². The largest absolute Gasteiger partial charge is 1.00 e. The zero-order valence-electron chi connectivity index (χ0n) is 74.6. The van der Waals surface area contributed by atoms with Gasteiger partial charge in [-0.25, -0.2) is 63.6 Å². The van der Waals surface area contributed by atoms with Crippen molar-refractivity contribution in [1.82, 2.24) is 20.7 Å². The van der Waals surface area contributed by atoms with Crippen LogP contribution >= 0.6 is 0 Å². The molecule has 0 aromatic carbocycles. The van der Waals surface area contributed by atoms with Gasteiger partial charge in [-0.05, 0) is 24.3 Å². The van der Waals surface area contributed by atoms with E-state index in [1.54, 1.807) is 0 Å². The number of ether oxygens (including phenoxy) is 12. The van der Waals surface area contributed by atoms with Crippen molar-refractivity contribution in [2.24, 2.45) is 0 Å². The maximum atomic E-state index is 11.4. The van der Waals surface area contributed by atoms with E-state index in [0.717, 1.165) is 20.8 Å². The van der Waals surface area contributed by atoms with Crippen molar-refractivity contribution in [3.05, 3.63) is 47.3 Å². The Kier molecular flexibility index (Phi) is 76.4. The van der Waals surface area contributed by atoms with Crippen molar-refractivity contribution in [3.8, 4) is 0 Å². The second-order valence-corrected chi connectivity index (χ2v) is 33.6. The molecule has 0 bridgehead atoms. The minimum absolute atomic E-state index is 0. The fraction of sp³-hybridized carbons (Fsp3) is 0.722. The van der Waals surface area contributed by atoms with Gasteiger partial charge in [-0.3, -0.25) is 39.5 Å². The quantitative estimate of drug-likeness (QED) is 0.0165. The van der Waals surface area contributed by atoms with Gasteiger partial charge in [0.1, 0.15) is 175 Å². The molecule has 744 valence electrons. The van der Waals surface area contributed by atoms with Gasteiger partial charge in [0.15, 0.2) is 53.8 Å². The predicted molar refractivity (Wildman–Crippen MR) is 356 cm³/mol. The fourth-order valence-electron chi connectivity index (χ4n) is 11.7. The molecule has 0 saturated carbocycles. The third-order valence-electron chi connectivity index (χ3n) is 16.8. The van der Waals surface area contributed by atoms with Crippen LogP contribution in [0.2, 0.25) is 0 Å². The van der Waals surface area contributed by atoms with Gasteiger partial charge >= 0.3 is 325 Å². The first-order valence-electron chi connectivity index (χ1n) is 34.3. The molecule has 0 spiro atoms. The van der Waals surface area contributed by atoms with Crippen molar-refractivity contribution >= 4 is 114 Å². The third-order valence-corrected chi connectivity index (χ3v) is 20.0. The average Bonchev–Trinajstić information content (AvgIpc) is 0.800. The molecule has 8 unspecified atom stereocenters. The fourth-order valence-corrected chi connectivity index (χ4v) is 14.6. The molecule has 8 heterocycles. The van der Waals surface area contributed by atoms with Crippen LogP contribution < -0.4 is 366 Å². The van der Waals surface area contributed by atoms with E-state index in [1.165, 1.54) is 4.72 Å².